The highest BCUT2D eigenvalue weighted by molar-refractivity contribution is 5.98. The molecule has 2 aliphatic heterocycles. The molecule has 2 N–H and O–H groups in total. The van der Waals surface area contributed by atoms with Gasteiger partial charge in [0.15, 0.2) is 0 Å². The van der Waals surface area contributed by atoms with Crippen LogP contribution >= 0.6 is 0 Å². The molecule has 0 spiro atoms. The number of phenolic OH excluding ortho intramolecular Hbond substituents is 1. The maximum Gasteiger partial charge on any atom is 0.410 e. The van der Waals surface area contributed by atoms with Gasteiger partial charge in [0.2, 0.25) is 0 Å². The molecule has 2 atom stereocenters. The van der Waals surface area contributed by atoms with Gasteiger partial charge in [0, 0.05) is 31.1 Å². The van der Waals surface area contributed by atoms with Gasteiger partial charge in [0.1, 0.15) is 17.1 Å². The van der Waals surface area contributed by atoms with Gasteiger partial charge >= 0.3 is 6.09 Å². The molecule has 2 aliphatic rings. The van der Waals surface area contributed by atoms with Crippen molar-refractivity contribution in [3.05, 3.63) is 59.2 Å². The lowest BCUT2D eigenvalue weighted by atomic mass is 9.83. The molecule has 1 saturated heterocycles. The van der Waals surface area contributed by atoms with Gasteiger partial charge in [-0.15, -0.1) is 0 Å². The molecule has 4 rings (SSSR count). The minimum atomic E-state index is -0.540. The molecule has 0 aromatic heterocycles. The molecule has 2 heterocycles. The van der Waals surface area contributed by atoms with Gasteiger partial charge in [-0.05, 0) is 74.9 Å². The Bertz CT molecular complexity index is 1010. The van der Waals surface area contributed by atoms with E-state index in [2.05, 4.69) is 5.32 Å². The standard InChI is InChI=1S/C26H32N2O5/c1-26(2,3)33-25(31)28-12-10-19(22(11-13-28)17-4-7-20(29)8-5-17)16-32-21-9-6-18-15-27-24(30)23(18)14-21/h4-9,14,19,22,29H,10-13,15-16H2,1-3H3,(H,27,30)/t19-,22+/m1/s1. The number of amides is 2. The van der Waals surface area contributed by atoms with Crippen LogP contribution in [-0.2, 0) is 11.3 Å². The monoisotopic (exact) mass is 452 g/mol. The van der Waals surface area contributed by atoms with Crippen LogP contribution < -0.4 is 10.1 Å². The molecule has 0 aliphatic carbocycles. The van der Waals surface area contributed by atoms with Crippen molar-refractivity contribution >= 4 is 12.0 Å². The van der Waals surface area contributed by atoms with Crippen molar-refractivity contribution in [3.8, 4) is 11.5 Å². The van der Waals surface area contributed by atoms with Crippen LogP contribution in [0.1, 0.15) is 61.0 Å². The Balaban J connectivity index is 1.50. The van der Waals surface area contributed by atoms with Crippen LogP contribution in [-0.4, -0.2) is 47.3 Å². The van der Waals surface area contributed by atoms with E-state index in [0.29, 0.717) is 37.6 Å². The average Bonchev–Trinajstić information content (AvgIpc) is 2.99. The Hall–Kier alpha value is -3.22. The van der Waals surface area contributed by atoms with Crippen molar-refractivity contribution < 1.29 is 24.2 Å². The second-order valence-electron chi connectivity index (χ2n) is 9.82. The summed E-state index contributed by atoms with van der Waals surface area (Å²) in [4.78, 5) is 26.5. The number of benzene rings is 2. The van der Waals surface area contributed by atoms with Gasteiger partial charge in [-0.25, -0.2) is 4.79 Å². The van der Waals surface area contributed by atoms with Gasteiger partial charge < -0.3 is 24.8 Å². The molecule has 2 amide bonds. The van der Waals surface area contributed by atoms with E-state index in [1.165, 1.54) is 0 Å². The van der Waals surface area contributed by atoms with E-state index in [9.17, 15) is 14.7 Å². The lowest BCUT2D eigenvalue weighted by Crippen LogP contribution is -2.37. The maximum atomic E-state index is 12.7. The first-order valence-electron chi connectivity index (χ1n) is 11.5. The van der Waals surface area contributed by atoms with Gasteiger partial charge in [-0.1, -0.05) is 18.2 Å². The minimum Gasteiger partial charge on any atom is -0.508 e. The smallest absolute Gasteiger partial charge is 0.410 e. The van der Waals surface area contributed by atoms with E-state index in [4.69, 9.17) is 9.47 Å². The number of likely N-dealkylation sites (tertiary alicyclic amines) is 1. The molecule has 2 aromatic rings. The van der Waals surface area contributed by atoms with E-state index < -0.39 is 5.60 Å². The SMILES string of the molecule is CC(C)(C)OC(=O)N1CC[C@H](COc2ccc3c(c2)C(=O)NC3)[C@H](c2ccc(O)cc2)CC1. The summed E-state index contributed by atoms with van der Waals surface area (Å²) >= 11 is 0. The van der Waals surface area contributed by atoms with Gasteiger partial charge in [-0.2, -0.15) is 0 Å². The summed E-state index contributed by atoms with van der Waals surface area (Å²) < 4.78 is 11.8. The number of aromatic hydroxyl groups is 1. The molecule has 0 radical (unpaired) electrons. The highest BCUT2D eigenvalue weighted by atomic mass is 16.6. The Kier molecular flexibility index (Phi) is 6.49. The van der Waals surface area contributed by atoms with Gasteiger partial charge in [0.25, 0.3) is 5.91 Å². The van der Waals surface area contributed by atoms with Crippen molar-refractivity contribution in [1.82, 2.24) is 10.2 Å². The first-order valence-corrected chi connectivity index (χ1v) is 11.5. The van der Waals surface area contributed by atoms with Crippen LogP contribution in [0, 0.1) is 5.92 Å². The Morgan fingerprint density at radius 3 is 2.58 bits per heavy atom. The fraction of sp³-hybridized carbons (Fsp3) is 0.462. The molecule has 7 nitrogen and oxygen atoms in total. The minimum absolute atomic E-state index is 0.0695. The number of carbonyl (C=O) groups is 2. The van der Waals surface area contributed by atoms with Crippen LogP contribution in [0.4, 0.5) is 4.79 Å². The first-order chi connectivity index (χ1) is 15.7. The molecule has 0 bridgehead atoms. The van der Waals surface area contributed by atoms with E-state index in [1.807, 2.05) is 45.0 Å². The van der Waals surface area contributed by atoms with Crippen LogP contribution in [0.15, 0.2) is 42.5 Å². The molecule has 0 unspecified atom stereocenters. The number of nitrogens with one attached hydrogen (secondary N) is 1. The first kappa shape index (κ1) is 23.0. The molecule has 1 fully saturated rings. The lowest BCUT2D eigenvalue weighted by Gasteiger charge is -2.26. The highest BCUT2D eigenvalue weighted by Gasteiger charge is 2.32. The van der Waals surface area contributed by atoms with Crippen molar-refractivity contribution in [1.29, 1.82) is 0 Å². The zero-order valence-electron chi connectivity index (χ0n) is 19.5. The number of carbonyl (C=O) groups excluding carboxylic acids is 2. The van der Waals surface area contributed by atoms with E-state index in [0.717, 1.165) is 24.0 Å². The topological polar surface area (TPSA) is 88.1 Å². The van der Waals surface area contributed by atoms with Crippen molar-refractivity contribution in [2.24, 2.45) is 5.92 Å². The molecule has 0 saturated carbocycles. The quantitative estimate of drug-likeness (QED) is 0.716. The number of ether oxygens (including phenoxy) is 2. The zero-order valence-corrected chi connectivity index (χ0v) is 19.5. The Labute approximate surface area is 194 Å². The normalized spacial score (nSPS) is 20.6. The fourth-order valence-electron chi connectivity index (χ4n) is 4.52. The number of phenols is 1. The third kappa shape index (κ3) is 5.59. The van der Waals surface area contributed by atoms with E-state index >= 15 is 0 Å². The summed E-state index contributed by atoms with van der Waals surface area (Å²) in [6, 6.07) is 12.9. The summed E-state index contributed by atoms with van der Waals surface area (Å²) in [6.45, 7) is 7.81. The Morgan fingerprint density at radius 2 is 1.85 bits per heavy atom. The third-order valence-electron chi connectivity index (χ3n) is 6.25. The van der Waals surface area contributed by atoms with E-state index in [1.54, 1.807) is 23.1 Å². The summed E-state index contributed by atoms with van der Waals surface area (Å²) in [5.74, 6) is 1.15. The fourth-order valence-corrected chi connectivity index (χ4v) is 4.52. The molecular weight excluding hydrogens is 420 g/mol. The summed E-state index contributed by atoms with van der Waals surface area (Å²) in [5, 5.41) is 12.5. The molecule has 2 aromatic carbocycles. The van der Waals surface area contributed by atoms with E-state index in [-0.39, 0.29) is 29.6 Å². The predicted molar refractivity (Wildman–Crippen MR) is 124 cm³/mol. The summed E-state index contributed by atoms with van der Waals surface area (Å²) in [7, 11) is 0. The number of hydrogen-bond donors (Lipinski definition) is 2. The second kappa shape index (κ2) is 9.33. The summed E-state index contributed by atoms with van der Waals surface area (Å²) in [6.07, 6.45) is 1.24. The van der Waals surface area contributed by atoms with Crippen LogP contribution in [0.25, 0.3) is 0 Å². The van der Waals surface area contributed by atoms with Crippen LogP contribution in [0.2, 0.25) is 0 Å². The predicted octanol–water partition coefficient (Wildman–Crippen LogP) is 4.45. The molecule has 33 heavy (non-hydrogen) atoms. The maximum absolute atomic E-state index is 12.7. The molecule has 176 valence electrons. The molecule has 7 heteroatoms. The number of hydrogen-bond acceptors (Lipinski definition) is 5. The van der Waals surface area contributed by atoms with Crippen molar-refractivity contribution in [2.45, 2.75) is 51.7 Å². The number of rotatable bonds is 4. The van der Waals surface area contributed by atoms with Crippen molar-refractivity contribution in [2.75, 3.05) is 19.7 Å². The highest BCUT2D eigenvalue weighted by Crippen LogP contribution is 2.35. The second-order valence-corrected chi connectivity index (χ2v) is 9.82. The van der Waals surface area contributed by atoms with Crippen LogP contribution in [0.5, 0.6) is 11.5 Å². The Morgan fingerprint density at radius 1 is 1.12 bits per heavy atom. The molecular formula is C26H32N2O5. The van der Waals surface area contributed by atoms with Gasteiger partial charge in [0.05, 0.1) is 6.61 Å². The van der Waals surface area contributed by atoms with Crippen molar-refractivity contribution in [3.63, 3.8) is 0 Å². The van der Waals surface area contributed by atoms with Crippen LogP contribution in [0.3, 0.4) is 0 Å². The lowest BCUT2D eigenvalue weighted by molar-refractivity contribution is 0.0253. The largest absolute Gasteiger partial charge is 0.508 e. The third-order valence-corrected chi connectivity index (χ3v) is 6.25. The van der Waals surface area contributed by atoms with Gasteiger partial charge in [-0.3, -0.25) is 4.79 Å². The average molecular weight is 453 g/mol. The number of fused-ring (bicyclic) bond motifs is 1. The number of nitrogens with zero attached hydrogens (tertiary/aromatic N) is 1. The summed E-state index contributed by atoms with van der Waals surface area (Å²) in [5.41, 5.74) is 2.22. The zero-order chi connectivity index (χ0) is 23.6.